The maximum Gasteiger partial charge on any atom is 0.494 e. The van der Waals surface area contributed by atoms with Gasteiger partial charge in [0.05, 0.1) is 16.6 Å². The van der Waals surface area contributed by atoms with Gasteiger partial charge in [-0.05, 0) is 71.5 Å². The topological polar surface area (TPSA) is 42.0 Å². The van der Waals surface area contributed by atoms with Crippen molar-refractivity contribution in [3.8, 4) is 0 Å². The number of fused-ring (bicyclic) bond motifs is 2. The lowest BCUT2D eigenvalue weighted by molar-refractivity contribution is -0.123. The first kappa shape index (κ1) is 22.0. The van der Waals surface area contributed by atoms with E-state index in [0.29, 0.717) is 19.1 Å². The number of alkyl halides is 2. The predicted molar refractivity (Wildman–Crippen MR) is 123 cm³/mol. The monoisotopic (exact) mass is 458 g/mol. The van der Waals surface area contributed by atoms with Gasteiger partial charge in [0.1, 0.15) is 0 Å². The molecule has 5 nitrogen and oxygen atoms in total. The molecule has 0 unspecified atom stereocenters. The number of anilines is 1. The smallest absolute Gasteiger partial charge is 0.399 e. The minimum atomic E-state index is -2.45. The van der Waals surface area contributed by atoms with Crippen LogP contribution in [0.25, 0.3) is 0 Å². The van der Waals surface area contributed by atoms with Gasteiger partial charge < -0.3 is 14.2 Å². The Morgan fingerprint density at radius 3 is 2.09 bits per heavy atom. The summed E-state index contributed by atoms with van der Waals surface area (Å²) in [5, 5.41) is 0. The van der Waals surface area contributed by atoms with Gasteiger partial charge in [-0.1, -0.05) is 12.1 Å². The Morgan fingerprint density at radius 2 is 1.52 bits per heavy atom. The molecule has 0 bridgehead atoms. The SMILES string of the molecule is CC1(C)C(=O)N(C2CC(N3C[C@@H]4[C@@H](C3)C4(F)F)C2)c2cc(B3OC(C)(C)C(C)(C)O3)ccc21. The zero-order chi connectivity index (χ0) is 23.7. The highest BCUT2D eigenvalue weighted by Crippen LogP contribution is 2.60. The number of hydrogen-bond acceptors (Lipinski definition) is 4. The molecular formula is C25H33BF2N2O3. The van der Waals surface area contributed by atoms with Crippen LogP contribution in [0.2, 0.25) is 0 Å². The molecule has 0 aromatic heterocycles. The molecule has 4 fully saturated rings. The van der Waals surface area contributed by atoms with Gasteiger partial charge in [-0.25, -0.2) is 8.78 Å². The number of carbonyl (C=O) groups excluding carboxylic acids is 1. The summed E-state index contributed by atoms with van der Waals surface area (Å²) in [7, 11) is -0.479. The van der Waals surface area contributed by atoms with E-state index in [2.05, 4.69) is 11.0 Å². The van der Waals surface area contributed by atoms with Crippen LogP contribution in [0, 0.1) is 11.8 Å². The summed E-state index contributed by atoms with van der Waals surface area (Å²) in [5.41, 5.74) is 1.43. The van der Waals surface area contributed by atoms with Gasteiger partial charge in [0.2, 0.25) is 5.91 Å². The lowest BCUT2D eigenvalue weighted by Crippen LogP contribution is -2.56. The molecule has 2 saturated heterocycles. The van der Waals surface area contributed by atoms with E-state index in [1.165, 1.54) is 0 Å². The highest BCUT2D eigenvalue weighted by atomic mass is 19.3. The van der Waals surface area contributed by atoms with E-state index < -0.39 is 41.5 Å². The van der Waals surface area contributed by atoms with Crippen LogP contribution in [-0.2, 0) is 19.5 Å². The number of halogens is 2. The Morgan fingerprint density at radius 1 is 0.939 bits per heavy atom. The largest absolute Gasteiger partial charge is 0.494 e. The number of nitrogens with zero attached hydrogens (tertiary/aromatic N) is 2. The van der Waals surface area contributed by atoms with Gasteiger partial charge in [0.15, 0.2) is 0 Å². The predicted octanol–water partition coefficient (Wildman–Crippen LogP) is 3.34. The highest BCUT2D eigenvalue weighted by molar-refractivity contribution is 6.62. The molecular weight excluding hydrogens is 425 g/mol. The van der Waals surface area contributed by atoms with Crippen molar-refractivity contribution in [2.24, 2.45) is 11.8 Å². The molecule has 0 radical (unpaired) electrons. The summed E-state index contributed by atoms with van der Waals surface area (Å²) in [4.78, 5) is 17.7. The molecule has 1 aromatic carbocycles. The van der Waals surface area contributed by atoms with Crippen LogP contribution in [0.4, 0.5) is 14.5 Å². The third-order valence-electron chi connectivity index (χ3n) is 9.43. The molecule has 6 rings (SSSR count). The second kappa shape index (κ2) is 6.38. The quantitative estimate of drug-likeness (QED) is 0.652. The fraction of sp³-hybridized carbons (Fsp3) is 0.720. The number of likely N-dealkylation sites (tertiary alicyclic amines) is 1. The Labute approximate surface area is 194 Å². The first-order valence-corrected chi connectivity index (χ1v) is 12.2. The Bertz CT molecular complexity index is 1010. The Kier molecular flexibility index (Phi) is 4.25. The van der Waals surface area contributed by atoms with Crippen molar-refractivity contribution in [2.75, 3.05) is 18.0 Å². The third-order valence-corrected chi connectivity index (χ3v) is 9.43. The van der Waals surface area contributed by atoms with Gasteiger partial charge in [-0.3, -0.25) is 9.69 Å². The average molecular weight is 458 g/mol. The summed E-state index contributed by atoms with van der Waals surface area (Å²) >= 11 is 0. The number of piperidine rings is 1. The van der Waals surface area contributed by atoms with Crippen LogP contribution in [-0.4, -0.2) is 60.2 Å². The van der Waals surface area contributed by atoms with Gasteiger partial charge in [-0.2, -0.15) is 0 Å². The molecule has 3 aliphatic heterocycles. The summed E-state index contributed by atoms with van der Waals surface area (Å²) in [6.07, 6.45) is 1.68. The molecule has 178 valence electrons. The summed E-state index contributed by atoms with van der Waals surface area (Å²) in [6, 6.07) is 6.52. The summed E-state index contributed by atoms with van der Waals surface area (Å²) in [5.74, 6) is -3.24. The minimum Gasteiger partial charge on any atom is -0.399 e. The van der Waals surface area contributed by atoms with Gasteiger partial charge in [-0.15, -0.1) is 0 Å². The van der Waals surface area contributed by atoms with Crippen molar-refractivity contribution in [1.82, 2.24) is 4.90 Å². The van der Waals surface area contributed by atoms with Crippen molar-refractivity contribution >= 4 is 24.2 Å². The van der Waals surface area contributed by atoms with Crippen molar-refractivity contribution in [1.29, 1.82) is 0 Å². The van der Waals surface area contributed by atoms with Crippen LogP contribution < -0.4 is 10.4 Å². The van der Waals surface area contributed by atoms with Crippen LogP contribution >= 0.6 is 0 Å². The maximum absolute atomic E-state index is 13.6. The first-order valence-electron chi connectivity index (χ1n) is 12.2. The minimum absolute atomic E-state index is 0.106. The van der Waals surface area contributed by atoms with Crippen LogP contribution in [0.5, 0.6) is 0 Å². The number of hydrogen-bond donors (Lipinski definition) is 0. The van der Waals surface area contributed by atoms with Crippen molar-refractivity contribution in [2.45, 2.75) is 89.0 Å². The van der Waals surface area contributed by atoms with Crippen molar-refractivity contribution in [3.05, 3.63) is 23.8 Å². The van der Waals surface area contributed by atoms with E-state index >= 15 is 0 Å². The zero-order valence-electron chi connectivity index (χ0n) is 20.3. The molecule has 0 spiro atoms. The van der Waals surface area contributed by atoms with E-state index in [0.717, 1.165) is 29.6 Å². The average Bonchev–Trinajstić information content (AvgIpc) is 3.02. The van der Waals surface area contributed by atoms with Gasteiger partial charge >= 0.3 is 7.12 Å². The standard InChI is InChI=1S/C25H33BF2N2O3/c1-22(2)17-8-7-14(26-32-23(3,4)24(5,6)33-26)9-20(17)30(21(22)31)16-10-15(11-16)29-12-18-19(13-29)25(18,27)28/h7-9,15-16,18-19H,10-13H2,1-6H3/t15?,16?,18-,19-/m1/s1. The number of amides is 1. The zero-order valence-corrected chi connectivity index (χ0v) is 20.3. The van der Waals surface area contributed by atoms with Crippen molar-refractivity contribution < 1.29 is 22.9 Å². The normalized spacial score (nSPS) is 37.2. The molecule has 1 amide bonds. The molecule has 8 heteroatoms. The molecule has 2 atom stereocenters. The van der Waals surface area contributed by atoms with Crippen LogP contribution in [0.1, 0.15) is 59.9 Å². The first-order chi connectivity index (χ1) is 15.2. The molecule has 0 N–H and O–H groups in total. The Balaban J connectivity index is 1.22. The molecule has 5 aliphatic rings. The van der Waals surface area contributed by atoms with Crippen LogP contribution in [0.15, 0.2) is 18.2 Å². The lowest BCUT2D eigenvalue weighted by Gasteiger charge is -2.46. The number of carbonyl (C=O) groups is 1. The highest BCUT2D eigenvalue weighted by Gasteiger charge is 2.72. The maximum atomic E-state index is 13.6. The van der Waals surface area contributed by atoms with Gasteiger partial charge in [0.25, 0.3) is 5.92 Å². The fourth-order valence-corrected chi connectivity index (χ4v) is 6.20. The van der Waals surface area contributed by atoms with E-state index in [1.807, 2.05) is 58.6 Å². The Hall–Kier alpha value is -1.51. The number of benzene rings is 1. The fourth-order valence-electron chi connectivity index (χ4n) is 6.20. The van der Waals surface area contributed by atoms with E-state index in [-0.39, 0.29) is 11.9 Å². The number of rotatable bonds is 3. The lowest BCUT2D eigenvalue weighted by atomic mass is 9.76. The molecule has 3 heterocycles. The second-order valence-corrected chi connectivity index (χ2v) is 12.3. The molecule has 1 aromatic rings. The molecule has 33 heavy (non-hydrogen) atoms. The van der Waals surface area contributed by atoms with E-state index in [1.54, 1.807) is 0 Å². The van der Waals surface area contributed by atoms with Crippen LogP contribution in [0.3, 0.4) is 0 Å². The van der Waals surface area contributed by atoms with E-state index in [9.17, 15) is 13.6 Å². The van der Waals surface area contributed by atoms with Crippen molar-refractivity contribution in [3.63, 3.8) is 0 Å². The summed E-state index contributed by atoms with van der Waals surface area (Å²) < 4.78 is 39.7. The summed E-state index contributed by atoms with van der Waals surface area (Å²) in [6.45, 7) is 13.1. The van der Waals surface area contributed by atoms with Gasteiger partial charge in [0, 0.05) is 42.7 Å². The van der Waals surface area contributed by atoms with E-state index in [4.69, 9.17) is 9.31 Å². The molecule has 2 aliphatic carbocycles. The second-order valence-electron chi connectivity index (χ2n) is 12.3. The molecule has 2 saturated carbocycles. The third kappa shape index (κ3) is 2.89.